The zero-order valence-corrected chi connectivity index (χ0v) is 18.8. The third kappa shape index (κ3) is 9.80. The molecule has 0 spiro atoms. The van der Waals surface area contributed by atoms with Crippen molar-refractivity contribution in [1.29, 1.82) is 0 Å². The lowest BCUT2D eigenvalue weighted by atomic mass is 10.2. The second-order valence-electron chi connectivity index (χ2n) is 6.09. The van der Waals surface area contributed by atoms with Crippen LogP contribution in [0.2, 0.25) is 0 Å². The maximum atomic E-state index is 10.1. The topological polar surface area (TPSA) is 75.1 Å². The summed E-state index contributed by atoms with van der Waals surface area (Å²) in [5.41, 5.74) is 1.12. The maximum absolute atomic E-state index is 10.1. The molecular formula is C21H30IN3O3. The van der Waals surface area contributed by atoms with Crippen molar-refractivity contribution in [3.63, 3.8) is 0 Å². The summed E-state index contributed by atoms with van der Waals surface area (Å²) in [4.78, 5) is 4.40. The summed E-state index contributed by atoms with van der Waals surface area (Å²) in [5, 5.41) is 16.4. The van der Waals surface area contributed by atoms with Crippen molar-refractivity contribution in [1.82, 2.24) is 10.6 Å². The summed E-state index contributed by atoms with van der Waals surface area (Å²) < 4.78 is 11.3. The molecule has 0 amide bonds. The van der Waals surface area contributed by atoms with Gasteiger partial charge in [0, 0.05) is 6.54 Å². The third-order valence-electron chi connectivity index (χ3n) is 3.64. The van der Waals surface area contributed by atoms with Gasteiger partial charge < -0.3 is 25.2 Å². The van der Waals surface area contributed by atoms with Gasteiger partial charge in [-0.05, 0) is 43.7 Å². The van der Waals surface area contributed by atoms with Gasteiger partial charge in [0.15, 0.2) is 5.96 Å². The molecule has 1 unspecified atom stereocenters. The number of nitrogens with one attached hydrogen (secondary N) is 2. The molecule has 2 rings (SSSR count). The van der Waals surface area contributed by atoms with Gasteiger partial charge in [0.2, 0.25) is 0 Å². The first-order valence-electron chi connectivity index (χ1n) is 9.25. The van der Waals surface area contributed by atoms with Gasteiger partial charge in [-0.1, -0.05) is 30.3 Å². The molecule has 3 N–H and O–H groups in total. The molecule has 0 aliphatic carbocycles. The van der Waals surface area contributed by atoms with Crippen LogP contribution in [-0.2, 0) is 0 Å². The predicted octanol–water partition coefficient (Wildman–Crippen LogP) is 2.99. The fraction of sp³-hybridized carbons (Fsp3) is 0.381. The Morgan fingerprint density at radius 2 is 1.79 bits per heavy atom. The fourth-order valence-electron chi connectivity index (χ4n) is 2.34. The molecule has 6 nitrogen and oxygen atoms in total. The highest BCUT2D eigenvalue weighted by Gasteiger charge is 2.06. The fourth-order valence-corrected chi connectivity index (χ4v) is 2.34. The summed E-state index contributed by atoms with van der Waals surface area (Å²) in [5.74, 6) is 2.23. The van der Waals surface area contributed by atoms with Gasteiger partial charge in [-0.25, -0.2) is 0 Å². The smallest absolute Gasteiger partial charge is 0.191 e. The first kappa shape index (κ1) is 24.0. The summed E-state index contributed by atoms with van der Waals surface area (Å²) in [7, 11) is 0. The van der Waals surface area contributed by atoms with Crippen LogP contribution in [0.1, 0.15) is 12.5 Å². The van der Waals surface area contributed by atoms with E-state index in [1.807, 2.05) is 68.4 Å². The van der Waals surface area contributed by atoms with Crippen molar-refractivity contribution < 1.29 is 14.6 Å². The number of aliphatic imine (C=N–C) groups is 1. The Morgan fingerprint density at radius 3 is 2.50 bits per heavy atom. The molecule has 0 aliphatic heterocycles. The molecule has 0 heterocycles. The molecule has 0 saturated carbocycles. The normalized spacial score (nSPS) is 11.9. The lowest BCUT2D eigenvalue weighted by molar-refractivity contribution is 0.114. The van der Waals surface area contributed by atoms with Gasteiger partial charge in [-0.3, -0.25) is 4.99 Å². The van der Waals surface area contributed by atoms with Crippen molar-refractivity contribution in [3.05, 3.63) is 60.2 Å². The number of hydrogen-bond donors (Lipinski definition) is 3. The van der Waals surface area contributed by atoms with Gasteiger partial charge in [-0.2, -0.15) is 0 Å². The molecule has 1 atom stereocenters. The molecule has 0 radical (unpaired) electrons. The Kier molecular flexibility index (Phi) is 12.1. The number of rotatable bonds is 10. The predicted molar refractivity (Wildman–Crippen MR) is 124 cm³/mol. The van der Waals surface area contributed by atoms with Crippen molar-refractivity contribution in [2.24, 2.45) is 4.99 Å². The van der Waals surface area contributed by atoms with E-state index in [9.17, 15) is 5.11 Å². The van der Waals surface area contributed by atoms with E-state index in [0.717, 1.165) is 23.6 Å². The molecule has 2 aromatic carbocycles. The Balaban J connectivity index is 0.00000392. The van der Waals surface area contributed by atoms with Gasteiger partial charge in [-0.15, -0.1) is 24.0 Å². The number of halogens is 1. The van der Waals surface area contributed by atoms with E-state index in [2.05, 4.69) is 15.6 Å². The average Bonchev–Trinajstić information content (AvgIpc) is 2.68. The maximum Gasteiger partial charge on any atom is 0.191 e. The number of aliphatic hydroxyl groups is 1. The molecule has 0 saturated heterocycles. The van der Waals surface area contributed by atoms with Crippen LogP contribution in [-0.4, -0.2) is 50.0 Å². The second kappa shape index (κ2) is 14.1. The van der Waals surface area contributed by atoms with Crippen LogP contribution in [0.25, 0.3) is 0 Å². The third-order valence-corrected chi connectivity index (χ3v) is 3.64. The number of guanidine groups is 1. The Hall–Kier alpha value is -2.00. The Labute approximate surface area is 184 Å². The van der Waals surface area contributed by atoms with E-state index >= 15 is 0 Å². The molecule has 2 aromatic rings. The van der Waals surface area contributed by atoms with E-state index < -0.39 is 6.10 Å². The number of ether oxygens (including phenoxy) is 2. The van der Waals surface area contributed by atoms with Crippen molar-refractivity contribution in [2.45, 2.75) is 20.0 Å². The van der Waals surface area contributed by atoms with E-state index in [-0.39, 0.29) is 37.1 Å². The number of para-hydroxylation sites is 1. The molecule has 28 heavy (non-hydrogen) atoms. The first-order chi connectivity index (χ1) is 13.2. The lowest BCUT2D eigenvalue weighted by Gasteiger charge is -2.14. The molecule has 0 fully saturated rings. The van der Waals surface area contributed by atoms with Gasteiger partial charge in [0.25, 0.3) is 0 Å². The number of aliphatic hydroxyl groups excluding tert-OH is 1. The first-order valence-corrected chi connectivity index (χ1v) is 9.25. The highest BCUT2D eigenvalue weighted by Crippen LogP contribution is 2.12. The largest absolute Gasteiger partial charge is 0.492 e. The Bertz CT molecular complexity index is 698. The number of hydrogen-bond acceptors (Lipinski definition) is 4. The monoisotopic (exact) mass is 499 g/mol. The van der Waals surface area contributed by atoms with Crippen LogP contribution < -0.4 is 20.1 Å². The number of nitrogens with zero attached hydrogens (tertiary/aromatic N) is 1. The SMILES string of the molecule is CCNC(=NCC(O)COc1cccc(C)c1)NCCOc1ccccc1.I. The zero-order chi connectivity index (χ0) is 19.3. The summed E-state index contributed by atoms with van der Waals surface area (Å²) in [6.45, 7) is 6.31. The zero-order valence-electron chi connectivity index (χ0n) is 16.4. The molecular weight excluding hydrogens is 469 g/mol. The number of aryl methyl sites for hydroxylation is 1. The minimum Gasteiger partial charge on any atom is -0.492 e. The van der Waals surface area contributed by atoms with Crippen LogP contribution in [0.5, 0.6) is 11.5 Å². The van der Waals surface area contributed by atoms with Gasteiger partial charge in [0.05, 0.1) is 13.1 Å². The second-order valence-corrected chi connectivity index (χ2v) is 6.09. The molecule has 0 aliphatic rings. The van der Waals surface area contributed by atoms with E-state index in [1.54, 1.807) is 0 Å². The molecule has 7 heteroatoms. The lowest BCUT2D eigenvalue weighted by Crippen LogP contribution is -2.40. The van der Waals surface area contributed by atoms with Crippen LogP contribution in [0.3, 0.4) is 0 Å². The molecule has 0 aromatic heterocycles. The number of benzene rings is 2. The van der Waals surface area contributed by atoms with Gasteiger partial charge in [0.1, 0.15) is 30.8 Å². The van der Waals surface area contributed by atoms with Gasteiger partial charge >= 0.3 is 0 Å². The quantitative estimate of drug-likeness (QED) is 0.203. The van der Waals surface area contributed by atoms with Crippen molar-refractivity contribution >= 4 is 29.9 Å². The van der Waals surface area contributed by atoms with E-state index in [1.165, 1.54) is 0 Å². The van der Waals surface area contributed by atoms with Crippen molar-refractivity contribution in [2.75, 3.05) is 32.8 Å². The summed E-state index contributed by atoms with van der Waals surface area (Å²) in [6.07, 6.45) is -0.679. The average molecular weight is 499 g/mol. The summed E-state index contributed by atoms with van der Waals surface area (Å²) >= 11 is 0. The molecule has 154 valence electrons. The standard InChI is InChI=1S/C21H29N3O3.HI/c1-3-22-21(23-12-13-26-19-9-5-4-6-10-19)24-15-18(25)16-27-20-11-7-8-17(2)14-20;/h4-11,14,18,25H,3,12-13,15-16H2,1-2H3,(H2,22,23,24);1H. The van der Waals surface area contributed by atoms with Crippen LogP contribution in [0, 0.1) is 6.92 Å². The summed E-state index contributed by atoms with van der Waals surface area (Å²) in [6, 6.07) is 17.4. The Morgan fingerprint density at radius 1 is 1.04 bits per heavy atom. The van der Waals surface area contributed by atoms with E-state index in [0.29, 0.717) is 19.1 Å². The minimum absolute atomic E-state index is 0. The highest BCUT2D eigenvalue weighted by atomic mass is 127. The highest BCUT2D eigenvalue weighted by molar-refractivity contribution is 14.0. The minimum atomic E-state index is -0.679. The molecule has 0 bridgehead atoms. The van der Waals surface area contributed by atoms with E-state index in [4.69, 9.17) is 9.47 Å². The van der Waals surface area contributed by atoms with Crippen LogP contribution in [0.4, 0.5) is 0 Å². The van der Waals surface area contributed by atoms with Crippen molar-refractivity contribution in [3.8, 4) is 11.5 Å². The van der Waals surface area contributed by atoms with Crippen LogP contribution >= 0.6 is 24.0 Å². The van der Waals surface area contributed by atoms with Crippen LogP contribution in [0.15, 0.2) is 59.6 Å².